The van der Waals surface area contributed by atoms with Crippen LogP contribution in [0.25, 0.3) is 0 Å². The van der Waals surface area contributed by atoms with Crippen molar-refractivity contribution < 1.29 is 4.79 Å². The molecule has 2 aliphatic heterocycles. The monoisotopic (exact) mass is 613 g/mol. The molecular formula is C46H31NO. The molecule has 1 unspecified atom stereocenters. The Bertz CT molecular complexity index is 2410. The van der Waals surface area contributed by atoms with E-state index in [1.807, 2.05) is 24.3 Å². The number of carbonyl (C=O) groups excluding carboxylic acids is 1. The number of fused-ring (bicyclic) bond motifs is 16. The van der Waals surface area contributed by atoms with Crippen molar-refractivity contribution in [2.45, 2.75) is 23.7 Å². The van der Waals surface area contributed by atoms with Gasteiger partial charge in [0.05, 0.1) is 27.9 Å². The zero-order valence-corrected chi connectivity index (χ0v) is 26.4. The standard InChI is InChI=1S/C46H31NO/c48-44-31-16-3-7-20-35(31)46(36-21-8-4-17-32(36)44)38-23-10-12-27-42(38)47-41-26-11-9-22-37(41)45(39-24-13-25-40(46)43(39)47)33-18-5-1-14-29(33)28-30-15-2-6-19-34(30)45/h1-14,16-27,30H,15,28H2/t30-,45?/m1/s1. The minimum absolute atomic E-state index is 0.0987. The molecule has 0 N–H and O–H groups in total. The van der Waals surface area contributed by atoms with Crippen LogP contribution in [0.2, 0.25) is 0 Å². The lowest BCUT2D eigenvalue weighted by atomic mass is 9.51. The highest BCUT2D eigenvalue weighted by Crippen LogP contribution is 2.68. The van der Waals surface area contributed by atoms with E-state index in [0.717, 1.165) is 40.8 Å². The van der Waals surface area contributed by atoms with Crippen LogP contribution in [0.5, 0.6) is 0 Å². The Morgan fingerprint density at radius 1 is 0.521 bits per heavy atom. The van der Waals surface area contributed by atoms with Gasteiger partial charge in [-0.3, -0.25) is 4.79 Å². The maximum Gasteiger partial charge on any atom is 0.193 e. The van der Waals surface area contributed by atoms with E-state index in [9.17, 15) is 4.79 Å². The van der Waals surface area contributed by atoms with Gasteiger partial charge in [0.15, 0.2) is 5.78 Å². The molecule has 6 aromatic rings. The Kier molecular flexibility index (Phi) is 5.05. The average Bonchev–Trinajstić information content (AvgIpc) is 3.15. The van der Waals surface area contributed by atoms with E-state index in [0.29, 0.717) is 5.92 Å². The number of ketones is 1. The van der Waals surface area contributed by atoms with Gasteiger partial charge in [-0.1, -0.05) is 146 Å². The molecule has 0 saturated heterocycles. The van der Waals surface area contributed by atoms with Crippen molar-refractivity contribution in [1.29, 1.82) is 0 Å². The summed E-state index contributed by atoms with van der Waals surface area (Å²) in [7, 11) is 0. The van der Waals surface area contributed by atoms with Gasteiger partial charge >= 0.3 is 0 Å². The molecule has 6 aromatic carbocycles. The van der Waals surface area contributed by atoms with Crippen LogP contribution in [0.1, 0.15) is 66.8 Å². The minimum Gasteiger partial charge on any atom is -0.309 e. The molecule has 0 saturated carbocycles. The summed E-state index contributed by atoms with van der Waals surface area (Å²) in [6.07, 6.45) is 9.13. The van der Waals surface area contributed by atoms with Gasteiger partial charge in [-0.25, -0.2) is 0 Å². The van der Waals surface area contributed by atoms with Gasteiger partial charge in [0.25, 0.3) is 0 Å². The van der Waals surface area contributed by atoms with Crippen molar-refractivity contribution in [3.8, 4) is 0 Å². The molecule has 0 fully saturated rings. The maximum absolute atomic E-state index is 14.2. The van der Waals surface area contributed by atoms with E-state index in [2.05, 4.69) is 138 Å². The van der Waals surface area contributed by atoms with Gasteiger partial charge in [0.1, 0.15) is 0 Å². The second-order valence-electron chi connectivity index (χ2n) is 13.8. The quantitative estimate of drug-likeness (QED) is 0.170. The van der Waals surface area contributed by atoms with E-state index >= 15 is 0 Å². The summed E-state index contributed by atoms with van der Waals surface area (Å²) < 4.78 is 0. The van der Waals surface area contributed by atoms with E-state index in [1.54, 1.807) is 0 Å². The van der Waals surface area contributed by atoms with E-state index < -0.39 is 10.8 Å². The van der Waals surface area contributed by atoms with E-state index in [-0.39, 0.29) is 5.78 Å². The Morgan fingerprint density at radius 2 is 1.04 bits per heavy atom. The van der Waals surface area contributed by atoms with Gasteiger partial charge in [-0.2, -0.15) is 0 Å². The summed E-state index contributed by atoms with van der Waals surface area (Å²) in [5.74, 6) is 0.514. The summed E-state index contributed by atoms with van der Waals surface area (Å²) in [5.41, 5.74) is 15.5. The SMILES string of the molecule is O=C1c2ccccc2C2(c3ccccc31)c1ccccc1N1c3ccccc3C3(C4=CC=CC[C@@H]4Cc4ccccc43)c3cccc2c31. The number of anilines is 3. The first-order valence-corrected chi connectivity index (χ1v) is 17.1. The first-order valence-electron chi connectivity index (χ1n) is 17.1. The molecule has 2 atom stereocenters. The van der Waals surface area contributed by atoms with Gasteiger partial charge in [-0.15, -0.1) is 0 Å². The molecule has 11 rings (SSSR count). The van der Waals surface area contributed by atoms with E-state index in [1.165, 1.54) is 50.3 Å². The summed E-state index contributed by atoms with van der Waals surface area (Å²) in [5, 5.41) is 0. The third-order valence-electron chi connectivity index (χ3n) is 11.9. The normalized spacial score (nSPS) is 21.2. The number of hydrogen-bond donors (Lipinski definition) is 0. The predicted octanol–water partition coefficient (Wildman–Crippen LogP) is 10.1. The lowest BCUT2D eigenvalue weighted by Crippen LogP contribution is -2.48. The summed E-state index contributed by atoms with van der Waals surface area (Å²) in [4.78, 5) is 16.8. The molecule has 48 heavy (non-hydrogen) atoms. The molecule has 2 heteroatoms. The number of benzene rings is 6. The topological polar surface area (TPSA) is 20.3 Å². The first-order chi connectivity index (χ1) is 23.8. The highest BCUT2D eigenvalue weighted by Gasteiger charge is 2.58. The van der Waals surface area contributed by atoms with Crippen LogP contribution in [-0.2, 0) is 17.3 Å². The molecule has 226 valence electrons. The second-order valence-corrected chi connectivity index (χ2v) is 13.8. The number of para-hydroxylation sites is 3. The highest BCUT2D eigenvalue weighted by atomic mass is 16.1. The van der Waals surface area contributed by atoms with Crippen molar-refractivity contribution >= 4 is 22.8 Å². The third kappa shape index (κ3) is 2.90. The van der Waals surface area contributed by atoms with E-state index in [4.69, 9.17) is 0 Å². The zero-order valence-electron chi connectivity index (χ0n) is 26.4. The van der Waals surface area contributed by atoms with Crippen molar-refractivity contribution in [3.63, 3.8) is 0 Å². The smallest absolute Gasteiger partial charge is 0.193 e. The molecule has 0 radical (unpaired) electrons. The van der Waals surface area contributed by atoms with Crippen molar-refractivity contribution in [2.75, 3.05) is 4.90 Å². The van der Waals surface area contributed by atoms with Crippen molar-refractivity contribution in [1.82, 2.24) is 0 Å². The van der Waals surface area contributed by atoms with Gasteiger partial charge in [0.2, 0.25) is 0 Å². The Hall–Kier alpha value is -5.73. The van der Waals surface area contributed by atoms with Gasteiger partial charge in [0, 0.05) is 11.1 Å². The second kappa shape index (κ2) is 9.20. The summed E-state index contributed by atoms with van der Waals surface area (Å²) >= 11 is 0. The number of allylic oxidation sites excluding steroid dienone is 4. The van der Waals surface area contributed by atoms with Crippen molar-refractivity contribution in [3.05, 3.63) is 219 Å². The lowest BCUT2D eigenvalue weighted by molar-refractivity contribution is 0.103. The third-order valence-corrected chi connectivity index (χ3v) is 11.9. The fourth-order valence-electron chi connectivity index (χ4n) is 10.3. The molecule has 2 spiro atoms. The molecule has 5 aliphatic rings. The van der Waals surface area contributed by atoms with Crippen molar-refractivity contribution in [2.24, 2.45) is 5.92 Å². The fourth-order valence-corrected chi connectivity index (χ4v) is 10.3. The molecule has 3 aliphatic carbocycles. The predicted molar refractivity (Wildman–Crippen MR) is 192 cm³/mol. The molecule has 2 nitrogen and oxygen atoms in total. The molecule has 2 heterocycles. The number of nitrogens with zero attached hydrogens (tertiary/aromatic N) is 1. The van der Waals surface area contributed by atoms with Gasteiger partial charge in [-0.05, 0) is 81.0 Å². The molecule has 0 amide bonds. The van der Waals surface area contributed by atoms with Gasteiger partial charge < -0.3 is 4.90 Å². The molecular weight excluding hydrogens is 583 g/mol. The molecule has 0 aromatic heterocycles. The zero-order chi connectivity index (χ0) is 31.6. The largest absolute Gasteiger partial charge is 0.309 e. The number of hydrogen-bond acceptors (Lipinski definition) is 2. The Labute approximate surface area is 280 Å². The fraction of sp³-hybridized carbons (Fsp3) is 0.109. The average molecular weight is 614 g/mol. The number of rotatable bonds is 0. The van der Waals surface area contributed by atoms with Crippen LogP contribution >= 0.6 is 0 Å². The van der Waals surface area contributed by atoms with Crippen LogP contribution in [0.3, 0.4) is 0 Å². The highest BCUT2D eigenvalue weighted by molar-refractivity contribution is 6.15. The Morgan fingerprint density at radius 3 is 1.73 bits per heavy atom. The van der Waals surface area contributed by atoms with Crippen LogP contribution in [0.15, 0.2) is 163 Å². The summed E-state index contributed by atoms with van der Waals surface area (Å²) in [6.45, 7) is 0. The van der Waals surface area contributed by atoms with Crippen LogP contribution in [0.4, 0.5) is 17.1 Å². The maximum atomic E-state index is 14.2. The van der Waals surface area contributed by atoms with Crippen LogP contribution < -0.4 is 4.90 Å². The molecule has 0 bridgehead atoms. The first kappa shape index (κ1) is 26.4. The Balaban J connectivity index is 1.37. The number of carbonyl (C=O) groups is 1. The minimum atomic E-state index is -0.679. The van der Waals surface area contributed by atoms with Crippen LogP contribution in [-0.4, -0.2) is 5.78 Å². The summed E-state index contributed by atoms with van der Waals surface area (Å²) in [6, 6.07) is 50.9. The van der Waals surface area contributed by atoms with Crippen LogP contribution in [0, 0.1) is 5.92 Å². The lowest BCUT2D eigenvalue weighted by Gasteiger charge is -2.56.